The first-order valence-corrected chi connectivity index (χ1v) is 9.61. The zero-order valence-corrected chi connectivity index (χ0v) is 15.3. The van der Waals surface area contributed by atoms with Gasteiger partial charge in [0, 0.05) is 18.8 Å². The van der Waals surface area contributed by atoms with Crippen molar-refractivity contribution >= 4 is 39.4 Å². The molecule has 3 nitrogen and oxygen atoms in total. The predicted octanol–water partition coefficient (Wildman–Crippen LogP) is 5.47. The Morgan fingerprint density at radius 1 is 1.00 bits per heavy atom. The van der Waals surface area contributed by atoms with Crippen LogP contribution in [0.15, 0.2) is 42.5 Å². The lowest BCUT2D eigenvalue weighted by Crippen LogP contribution is -2.29. The number of nitrogens with zero attached hydrogens (tertiary/aromatic N) is 2. The molecule has 3 aromatic rings. The first-order chi connectivity index (χ1) is 12.3. The summed E-state index contributed by atoms with van der Waals surface area (Å²) in [6.45, 7) is 2.37. The number of piperidine rings is 1. The van der Waals surface area contributed by atoms with Crippen molar-refractivity contribution in [3.05, 3.63) is 53.0 Å². The van der Waals surface area contributed by atoms with Crippen LogP contribution in [0.5, 0.6) is 5.75 Å². The molecule has 1 aliphatic heterocycles. The largest absolute Gasteiger partial charge is 0.497 e. The monoisotopic (exact) mass is 350 g/mol. The van der Waals surface area contributed by atoms with Crippen LogP contribution in [-0.4, -0.2) is 25.2 Å². The van der Waals surface area contributed by atoms with Crippen LogP contribution in [0.3, 0.4) is 0 Å². The minimum Gasteiger partial charge on any atom is -0.497 e. The maximum atomic E-state index is 5.28. The molecule has 0 radical (unpaired) electrons. The maximum Gasteiger partial charge on any atom is 0.120 e. The molecule has 2 heterocycles. The first kappa shape index (κ1) is 16.2. The van der Waals surface area contributed by atoms with E-state index in [1.165, 1.54) is 43.6 Å². The van der Waals surface area contributed by atoms with Gasteiger partial charge in [-0.1, -0.05) is 18.2 Å². The molecule has 0 unspecified atom stereocenters. The van der Waals surface area contributed by atoms with Gasteiger partial charge in [-0.05, 0) is 61.2 Å². The molecule has 1 aliphatic rings. The van der Waals surface area contributed by atoms with Gasteiger partial charge < -0.3 is 9.64 Å². The summed E-state index contributed by atoms with van der Waals surface area (Å²) in [4.78, 5) is 7.15. The Kier molecular flexibility index (Phi) is 4.70. The lowest BCUT2D eigenvalue weighted by molar-refractivity contribution is 0.415. The van der Waals surface area contributed by atoms with Crippen LogP contribution in [0, 0.1) is 0 Å². The van der Waals surface area contributed by atoms with E-state index in [1.807, 2.05) is 18.2 Å². The zero-order valence-electron chi connectivity index (χ0n) is 14.4. The third-order valence-electron chi connectivity index (χ3n) is 4.64. The van der Waals surface area contributed by atoms with Crippen LogP contribution < -0.4 is 9.64 Å². The Morgan fingerprint density at radius 3 is 2.56 bits per heavy atom. The predicted molar refractivity (Wildman–Crippen MR) is 108 cm³/mol. The minimum atomic E-state index is 0.875. The van der Waals surface area contributed by atoms with E-state index in [9.17, 15) is 0 Å². The van der Waals surface area contributed by atoms with Crippen molar-refractivity contribution in [2.45, 2.75) is 19.3 Å². The highest BCUT2D eigenvalue weighted by Crippen LogP contribution is 2.27. The zero-order chi connectivity index (χ0) is 17.1. The van der Waals surface area contributed by atoms with Crippen LogP contribution in [0.4, 0.5) is 5.69 Å². The Morgan fingerprint density at radius 2 is 1.80 bits per heavy atom. The Hall–Kier alpha value is -2.33. The second-order valence-corrected chi connectivity index (χ2v) is 7.42. The summed E-state index contributed by atoms with van der Waals surface area (Å²) in [7, 11) is 1.69. The van der Waals surface area contributed by atoms with E-state index in [2.05, 4.69) is 46.3 Å². The lowest BCUT2D eigenvalue weighted by Gasteiger charge is -2.28. The molecule has 25 heavy (non-hydrogen) atoms. The van der Waals surface area contributed by atoms with Crippen LogP contribution in [0.2, 0.25) is 0 Å². The van der Waals surface area contributed by atoms with Crippen LogP contribution >= 0.6 is 11.3 Å². The molecule has 1 aromatic heterocycles. The van der Waals surface area contributed by atoms with Crippen molar-refractivity contribution in [1.82, 2.24) is 4.98 Å². The van der Waals surface area contributed by atoms with Gasteiger partial charge in [-0.15, -0.1) is 11.3 Å². The van der Waals surface area contributed by atoms with Gasteiger partial charge in [-0.3, -0.25) is 0 Å². The van der Waals surface area contributed by atoms with Gasteiger partial charge in [-0.2, -0.15) is 0 Å². The third-order valence-corrected chi connectivity index (χ3v) is 5.63. The standard InChI is InChI=1S/C21H22N2OS/c1-24-18-10-11-19-20(15-18)25-21(22-19)12-7-16-5-8-17(9-6-16)23-13-3-2-4-14-23/h5-12,15H,2-4,13-14H2,1H3. The van der Waals surface area contributed by atoms with Crippen molar-refractivity contribution in [2.24, 2.45) is 0 Å². The number of methoxy groups -OCH3 is 1. The second kappa shape index (κ2) is 7.28. The molecular formula is C21H22N2OS. The Labute approximate surface area is 152 Å². The highest BCUT2D eigenvalue weighted by atomic mass is 32.1. The van der Waals surface area contributed by atoms with E-state index >= 15 is 0 Å². The number of benzene rings is 2. The SMILES string of the molecule is COc1ccc2nc(C=Cc3ccc(N4CCCCC4)cc3)sc2c1. The van der Waals surface area contributed by atoms with Crippen molar-refractivity contribution in [2.75, 3.05) is 25.1 Å². The number of anilines is 1. The highest BCUT2D eigenvalue weighted by molar-refractivity contribution is 7.19. The van der Waals surface area contributed by atoms with Crippen LogP contribution in [0.25, 0.3) is 22.4 Å². The maximum absolute atomic E-state index is 5.28. The topological polar surface area (TPSA) is 25.4 Å². The average molecular weight is 350 g/mol. The van der Waals surface area contributed by atoms with E-state index in [4.69, 9.17) is 4.74 Å². The quantitative estimate of drug-likeness (QED) is 0.624. The normalized spacial score (nSPS) is 15.2. The molecule has 0 N–H and O–H groups in total. The fourth-order valence-corrected chi connectivity index (χ4v) is 4.14. The van der Waals surface area contributed by atoms with E-state index in [0.717, 1.165) is 21.0 Å². The number of hydrogen-bond acceptors (Lipinski definition) is 4. The molecule has 4 heteroatoms. The summed E-state index contributed by atoms with van der Waals surface area (Å²) in [6.07, 6.45) is 8.21. The number of aromatic nitrogens is 1. The highest BCUT2D eigenvalue weighted by Gasteiger charge is 2.10. The fourth-order valence-electron chi connectivity index (χ4n) is 3.24. The van der Waals surface area contributed by atoms with Gasteiger partial charge in [0.2, 0.25) is 0 Å². The summed E-state index contributed by atoms with van der Waals surface area (Å²) in [6, 6.07) is 14.8. The minimum absolute atomic E-state index is 0.875. The summed E-state index contributed by atoms with van der Waals surface area (Å²) in [5.74, 6) is 0.875. The molecule has 128 valence electrons. The van der Waals surface area contributed by atoms with E-state index in [-0.39, 0.29) is 0 Å². The van der Waals surface area contributed by atoms with Gasteiger partial charge in [0.1, 0.15) is 10.8 Å². The molecule has 4 rings (SSSR count). The summed E-state index contributed by atoms with van der Waals surface area (Å²) < 4.78 is 6.43. The van der Waals surface area contributed by atoms with Gasteiger partial charge >= 0.3 is 0 Å². The second-order valence-electron chi connectivity index (χ2n) is 6.36. The summed E-state index contributed by atoms with van der Waals surface area (Å²) in [5, 5.41) is 1.02. The molecule has 0 atom stereocenters. The van der Waals surface area contributed by atoms with Crippen molar-refractivity contribution in [3.63, 3.8) is 0 Å². The molecule has 0 saturated carbocycles. The fraction of sp³-hybridized carbons (Fsp3) is 0.286. The summed E-state index contributed by atoms with van der Waals surface area (Å²) in [5.41, 5.74) is 3.56. The molecular weight excluding hydrogens is 328 g/mol. The van der Waals surface area contributed by atoms with Gasteiger partial charge in [-0.25, -0.2) is 4.98 Å². The number of rotatable bonds is 4. The number of thiazole rings is 1. The van der Waals surface area contributed by atoms with E-state index in [1.54, 1.807) is 18.4 Å². The number of fused-ring (bicyclic) bond motifs is 1. The average Bonchev–Trinajstić information content (AvgIpc) is 3.09. The van der Waals surface area contributed by atoms with Crippen LogP contribution in [-0.2, 0) is 0 Å². The molecule has 0 aliphatic carbocycles. The van der Waals surface area contributed by atoms with Crippen molar-refractivity contribution < 1.29 is 4.74 Å². The summed E-state index contributed by atoms with van der Waals surface area (Å²) >= 11 is 1.69. The van der Waals surface area contributed by atoms with Gasteiger partial charge in [0.15, 0.2) is 0 Å². The molecule has 2 aromatic carbocycles. The van der Waals surface area contributed by atoms with E-state index in [0.29, 0.717) is 0 Å². The molecule has 0 amide bonds. The smallest absolute Gasteiger partial charge is 0.120 e. The van der Waals surface area contributed by atoms with Crippen molar-refractivity contribution in [3.8, 4) is 5.75 Å². The van der Waals surface area contributed by atoms with Gasteiger partial charge in [0.05, 0.1) is 17.3 Å². The molecule has 1 saturated heterocycles. The van der Waals surface area contributed by atoms with Gasteiger partial charge in [0.25, 0.3) is 0 Å². The first-order valence-electron chi connectivity index (χ1n) is 8.79. The molecule has 0 bridgehead atoms. The Balaban J connectivity index is 1.49. The van der Waals surface area contributed by atoms with Crippen molar-refractivity contribution in [1.29, 1.82) is 0 Å². The van der Waals surface area contributed by atoms with E-state index < -0.39 is 0 Å². The third kappa shape index (κ3) is 3.69. The lowest BCUT2D eigenvalue weighted by atomic mass is 10.1. The molecule has 1 fully saturated rings. The molecule has 0 spiro atoms. The Bertz CT molecular complexity index is 877. The number of ether oxygens (including phenoxy) is 1. The number of hydrogen-bond donors (Lipinski definition) is 0. The van der Waals surface area contributed by atoms with Crippen LogP contribution in [0.1, 0.15) is 29.8 Å².